The second kappa shape index (κ2) is 8.62. The molecule has 30 heavy (non-hydrogen) atoms. The van der Waals surface area contributed by atoms with Crippen molar-refractivity contribution in [1.29, 1.82) is 0 Å². The molecule has 0 saturated heterocycles. The van der Waals surface area contributed by atoms with Crippen LogP contribution in [0, 0.1) is 0 Å². The van der Waals surface area contributed by atoms with E-state index >= 15 is 0 Å². The number of fused-ring (bicyclic) bond motifs is 1. The van der Waals surface area contributed by atoms with E-state index < -0.39 is 33.5 Å². The lowest BCUT2D eigenvalue weighted by Crippen LogP contribution is -2.35. The summed E-state index contributed by atoms with van der Waals surface area (Å²) in [5, 5.41) is 3.02. The van der Waals surface area contributed by atoms with E-state index in [9.17, 15) is 22.8 Å². The normalized spacial score (nSPS) is 13.5. The molecule has 0 aliphatic carbocycles. The molecule has 0 fully saturated rings. The van der Waals surface area contributed by atoms with Crippen LogP contribution in [0.25, 0.3) is 0 Å². The lowest BCUT2D eigenvalue weighted by atomic mass is 10.0. The number of halogens is 1. The van der Waals surface area contributed by atoms with Gasteiger partial charge in [0.15, 0.2) is 9.84 Å². The number of hydrogen-bond acceptors (Lipinski definition) is 7. The molecule has 9 nitrogen and oxygen atoms in total. The van der Waals surface area contributed by atoms with Gasteiger partial charge in [-0.05, 0) is 36.2 Å². The molecule has 0 radical (unpaired) electrons. The maximum absolute atomic E-state index is 12.5. The molecule has 2 aromatic rings. The highest BCUT2D eigenvalue weighted by Gasteiger charge is 2.30. The predicted molar refractivity (Wildman–Crippen MR) is 111 cm³/mol. The number of amides is 3. The third-order valence-corrected chi connectivity index (χ3v) is 7.50. The second-order valence-corrected chi connectivity index (χ2v) is 10.0. The lowest BCUT2D eigenvalue weighted by Gasteiger charge is -2.25. The molecule has 0 unspecified atom stereocenters. The van der Waals surface area contributed by atoms with Gasteiger partial charge >= 0.3 is 6.09 Å². The van der Waals surface area contributed by atoms with Crippen molar-refractivity contribution in [2.45, 2.75) is 17.9 Å². The minimum absolute atomic E-state index is 0.0450. The number of ether oxygens (including phenoxy) is 1. The summed E-state index contributed by atoms with van der Waals surface area (Å²) in [5.41, 5.74) is 6.27. The number of hydrogen-bond donors (Lipinski definition) is 2. The molecule has 0 bridgehead atoms. The molecule has 12 heteroatoms. The first kappa shape index (κ1) is 22.1. The van der Waals surface area contributed by atoms with Gasteiger partial charge in [0.2, 0.25) is 5.91 Å². The maximum Gasteiger partial charge on any atom is 0.409 e. The number of methoxy groups -OCH3 is 1. The topological polar surface area (TPSA) is 136 Å². The first-order chi connectivity index (χ1) is 14.1. The minimum Gasteiger partial charge on any atom is -0.453 e. The van der Waals surface area contributed by atoms with Crippen LogP contribution in [0.2, 0.25) is 5.02 Å². The largest absolute Gasteiger partial charge is 0.453 e. The highest BCUT2D eigenvalue weighted by Crippen LogP contribution is 2.37. The number of nitrogens with zero attached hydrogens (tertiary/aromatic N) is 1. The number of nitrogens with two attached hydrogens (primary N) is 1. The molecule has 160 valence electrons. The standard InChI is InChI=1S/C18H18ClN3O6S2/c1-28-18(25)22-7-6-12-13(8-22)29-17(15(12)16(20)24)21-14(23)9-30(26,27)11-4-2-10(19)3-5-11/h2-5H,6-9H2,1H3,(H2,20,24)(H,21,23). The number of nitrogens with one attached hydrogen (secondary N) is 1. The molecule has 0 spiro atoms. The summed E-state index contributed by atoms with van der Waals surface area (Å²) >= 11 is 6.84. The van der Waals surface area contributed by atoms with Gasteiger partial charge in [-0.1, -0.05) is 11.6 Å². The quantitative estimate of drug-likeness (QED) is 0.684. The number of thiophene rings is 1. The van der Waals surface area contributed by atoms with Crippen molar-refractivity contribution < 1.29 is 27.5 Å². The zero-order valence-corrected chi connectivity index (χ0v) is 18.2. The smallest absolute Gasteiger partial charge is 0.409 e. The summed E-state index contributed by atoms with van der Waals surface area (Å²) in [4.78, 5) is 38.3. The van der Waals surface area contributed by atoms with Gasteiger partial charge < -0.3 is 20.7 Å². The number of sulfone groups is 1. The van der Waals surface area contributed by atoms with E-state index in [1.807, 2.05) is 0 Å². The molecule has 2 heterocycles. The van der Waals surface area contributed by atoms with Crippen LogP contribution in [0.4, 0.5) is 9.80 Å². The average molecular weight is 472 g/mol. The molecule has 0 saturated carbocycles. The molecule has 1 aromatic heterocycles. The Bertz CT molecular complexity index is 1110. The van der Waals surface area contributed by atoms with Crippen LogP contribution in [-0.2, 0) is 32.3 Å². The highest BCUT2D eigenvalue weighted by atomic mass is 35.5. The van der Waals surface area contributed by atoms with E-state index in [4.69, 9.17) is 22.1 Å². The van der Waals surface area contributed by atoms with E-state index in [0.29, 0.717) is 28.4 Å². The van der Waals surface area contributed by atoms with Gasteiger partial charge in [-0.15, -0.1) is 11.3 Å². The SMILES string of the molecule is COC(=O)N1CCc2c(sc(NC(=O)CS(=O)(=O)c3ccc(Cl)cc3)c2C(N)=O)C1. The first-order valence-electron chi connectivity index (χ1n) is 8.67. The van der Waals surface area contributed by atoms with Crippen LogP contribution in [0.15, 0.2) is 29.2 Å². The molecule has 1 aliphatic rings. The fourth-order valence-electron chi connectivity index (χ4n) is 3.10. The molecule has 3 N–H and O–H groups in total. The van der Waals surface area contributed by atoms with Crippen molar-refractivity contribution in [3.63, 3.8) is 0 Å². The summed E-state index contributed by atoms with van der Waals surface area (Å²) in [6.45, 7) is 0.529. The van der Waals surface area contributed by atoms with Crippen molar-refractivity contribution in [3.8, 4) is 0 Å². The van der Waals surface area contributed by atoms with Crippen LogP contribution < -0.4 is 11.1 Å². The molecule has 3 amide bonds. The number of benzene rings is 1. The predicted octanol–water partition coefficient (Wildman–Crippen LogP) is 2.04. The Morgan fingerprint density at radius 2 is 1.93 bits per heavy atom. The van der Waals surface area contributed by atoms with E-state index in [2.05, 4.69) is 5.32 Å². The Kier molecular flexibility index (Phi) is 6.34. The van der Waals surface area contributed by atoms with Crippen LogP contribution >= 0.6 is 22.9 Å². The Balaban J connectivity index is 1.82. The van der Waals surface area contributed by atoms with Crippen LogP contribution in [0.1, 0.15) is 20.8 Å². The molecule has 1 aromatic carbocycles. The Morgan fingerprint density at radius 1 is 1.27 bits per heavy atom. The summed E-state index contributed by atoms with van der Waals surface area (Å²) in [6, 6.07) is 5.45. The number of carbonyl (C=O) groups is 3. The molecule has 0 atom stereocenters. The van der Waals surface area contributed by atoms with Gasteiger partial charge in [-0.2, -0.15) is 0 Å². The molecular weight excluding hydrogens is 454 g/mol. The summed E-state index contributed by atoms with van der Waals surface area (Å²) in [5.74, 6) is -2.37. The van der Waals surface area contributed by atoms with Crippen molar-refractivity contribution in [3.05, 3.63) is 45.3 Å². The Hall–Kier alpha value is -2.63. The first-order valence-corrected chi connectivity index (χ1v) is 11.5. The van der Waals surface area contributed by atoms with E-state index in [1.165, 1.54) is 36.3 Å². The van der Waals surface area contributed by atoms with Gasteiger partial charge in [0.1, 0.15) is 10.8 Å². The van der Waals surface area contributed by atoms with Crippen molar-refractivity contribution in [2.75, 3.05) is 24.7 Å². The lowest BCUT2D eigenvalue weighted by molar-refractivity contribution is -0.113. The van der Waals surface area contributed by atoms with Crippen molar-refractivity contribution >= 4 is 55.7 Å². The fourth-order valence-corrected chi connectivity index (χ4v) is 5.64. The van der Waals surface area contributed by atoms with Gasteiger partial charge in [0, 0.05) is 16.4 Å². The zero-order valence-electron chi connectivity index (χ0n) is 15.8. The van der Waals surface area contributed by atoms with Crippen LogP contribution in [0.3, 0.4) is 0 Å². The van der Waals surface area contributed by atoms with Crippen LogP contribution in [-0.4, -0.2) is 50.6 Å². The van der Waals surface area contributed by atoms with Crippen molar-refractivity contribution in [2.24, 2.45) is 5.73 Å². The summed E-state index contributed by atoms with van der Waals surface area (Å²) < 4.78 is 29.6. The minimum atomic E-state index is -3.91. The highest BCUT2D eigenvalue weighted by molar-refractivity contribution is 7.92. The molecule has 3 rings (SSSR count). The number of anilines is 1. The third kappa shape index (κ3) is 4.58. The van der Waals surface area contributed by atoms with Gasteiger partial charge in [-0.25, -0.2) is 13.2 Å². The van der Waals surface area contributed by atoms with E-state index in [0.717, 1.165) is 11.3 Å². The number of carbonyl (C=O) groups excluding carboxylic acids is 3. The van der Waals surface area contributed by atoms with E-state index in [1.54, 1.807) is 0 Å². The fraction of sp³-hybridized carbons (Fsp3) is 0.278. The summed E-state index contributed by atoms with van der Waals surface area (Å²) in [6.07, 6.45) is -0.146. The van der Waals surface area contributed by atoms with E-state index in [-0.39, 0.29) is 22.0 Å². The van der Waals surface area contributed by atoms with Crippen molar-refractivity contribution in [1.82, 2.24) is 4.90 Å². The Morgan fingerprint density at radius 3 is 2.53 bits per heavy atom. The molecule has 1 aliphatic heterocycles. The average Bonchev–Trinajstić information content (AvgIpc) is 3.04. The number of primary amides is 1. The number of rotatable bonds is 5. The van der Waals surface area contributed by atoms with Gasteiger partial charge in [0.05, 0.1) is 24.1 Å². The maximum atomic E-state index is 12.5. The Labute approximate surface area is 181 Å². The molecular formula is C18H18ClN3O6S2. The third-order valence-electron chi connectivity index (χ3n) is 4.48. The van der Waals surface area contributed by atoms with Gasteiger partial charge in [0.25, 0.3) is 5.91 Å². The zero-order chi connectivity index (χ0) is 22.1. The summed E-state index contributed by atoms with van der Waals surface area (Å²) in [7, 11) is -2.63. The monoisotopic (exact) mass is 471 g/mol. The van der Waals surface area contributed by atoms with Gasteiger partial charge in [-0.3, -0.25) is 9.59 Å². The second-order valence-electron chi connectivity index (χ2n) is 6.47. The van der Waals surface area contributed by atoms with Crippen LogP contribution in [0.5, 0.6) is 0 Å².